The highest BCUT2D eigenvalue weighted by Crippen LogP contribution is 2.30. The summed E-state index contributed by atoms with van der Waals surface area (Å²) in [6, 6.07) is 18.3. The zero-order chi connectivity index (χ0) is 25.5. The summed E-state index contributed by atoms with van der Waals surface area (Å²) >= 11 is 0. The van der Waals surface area contributed by atoms with E-state index in [4.69, 9.17) is 4.74 Å². The number of rotatable bonds is 9. The molecule has 2 N–H and O–H groups in total. The standard InChI is InChI=1S/C29H30N2O5/c1-21-9-11-23(12-10-21)26(32)25-8-4-16-31(25)15-3-6-22-5-2-7-24(19-22)27(33)30-20-29(28(34)35)13-17-36-18-14-29/h2-12,16,19H,13-15,17-18,20H2,1H3,(H,30,33)(H,34,35)/b6-3+. The summed E-state index contributed by atoms with van der Waals surface area (Å²) in [6.07, 6.45) is 6.45. The van der Waals surface area contributed by atoms with Crippen LogP contribution >= 0.6 is 0 Å². The molecule has 0 saturated carbocycles. The van der Waals surface area contributed by atoms with Gasteiger partial charge in [-0.05, 0) is 49.6 Å². The summed E-state index contributed by atoms with van der Waals surface area (Å²) in [7, 11) is 0. The molecule has 2 heterocycles. The predicted octanol–water partition coefficient (Wildman–Crippen LogP) is 4.35. The number of carbonyl (C=O) groups is 3. The van der Waals surface area contributed by atoms with Crippen LogP contribution in [0.1, 0.15) is 50.4 Å². The molecule has 7 heteroatoms. The number of aliphatic carboxylic acids is 1. The number of hydrogen-bond donors (Lipinski definition) is 2. The van der Waals surface area contributed by atoms with Crippen molar-refractivity contribution >= 4 is 23.7 Å². The highest BCUT2D eigenvalue weighted by Gasteiger charge is 2.40. The van der Waals surface area contributed by atoms with Crippen LogP contribution in [0.4, 0.5) is 0 Å². The number of carbonyl (C=O) groups excluding carboxylic acids is 2. The molecule has 36 heavy (non-hydrogen) atoms. The molecule has 1 aromatic heterocycles. The van der Waals surface area contributed by atoms with Crippen LogP contribution in [0.3, 0.4) is 0 Å². The van der Waals surface area contributed by atoms with E-state index in [0.717, 1.165) is 11.1 Å². The van der Waals surface area contributed by atoms with Crippen LogP contribution < -0.4 is 5.32 Å². The van der Waals surface area contributed by atoms with Crippen molar-refractivity contribution in [3.8, 4) is 0 Å². The number of benzene rings is 2. The number of aromatic nitrogens is 1. The Hall–Kier alpha value is -3.97. The van der Waals surface area contributed by atoms with Crippen molar-refractivity contribution in [3.63, 3.8) is 0 Å². The lowest BCUT2D eigenvalue weighted by Gasteiger charge is -2.33. The lowest BCUT2D eigenvalue weighted by molar-refractivity contribution is -0.154. The van der Waals surface area contributed by atoms with E-state index in [2.05, 4.69) is 5.32 Å². The molecule has 7 nitrogen and oxygen atoms in total. The van der Waals surface area contributed by atoms with E-state index in [9.17, 15) is 19.5 Å². The Bertz CT molecular complexity index is 1270. The van der Waals surface area contributed by atoms with Gasteiger partial charge in [-0.2, -0.15) is 0 Å². The van der Waals surface area contributed by atoms with Crippen molar-refractivity contribution < 1.29 is 24.2 Å². The Labute approximate surface area is 210 Å². The normalized spacial score (nSPS) is 15.0. The van der Waals surface area contributed by atoms with Gasteiger partial charge in [0.25, 0.3) is 5.91 Å². The van der Waals surface area contributed by atoms with Gasteiger partial charge < -0.3 is 19.7 Å². The fourth-order valence-corrected chi connectivity index (χ4v) is 4.30. The molecular formula is C29H30N2O5. The maximum absolute atomic E-state index is 12.9. The summed E-state index contributed by atoms with van der Waals surface area (Å²) in [6.45, 7) is 3.30. The van der Waals surface area contributed by atoms with Crippen LogP contribution in [0.25, 0.3) is 6.08 Å². The van der Waals surface area contributed by atoms with Gasteiger partial charge in [0.15, 0.2) is 0 Å². The van der Waals surface area contributed by atoms with Gasteiger partial charge in [0.1, 0.15) is 0 Å². The molecule has 186 valence electrons. The molecule has 1 aliphatic heterocycles. The lowest BCUT2D eigenvalue weighted by Crippen LogP contribution is -2.46. The Morgan fingerprint density at radius 3 is 2.50 bits per heavy atom. The number of ether oxygens (including phenoxy) is 1. The van der Waals surface area contributed by atoms with Crippen molar-refractivity contribution in [2.24, 2.45) is 5.41 Å². The van der Waals surface area contributed by atoms with Crippen LogP contribution in [0.5, 0.6) is 0 Å². The molecule has 1 aliphatic rings. The minimum absolute atomic E-state index is 0.0317. The SMILES string of the molecule is Cc1ccc(C(=O)c2cccn2C/C=C/c2cccc(C(=O)NCC3(C(=O)O)CCOCC3)c2)cc1. The summed E-state index contributed by atoms with van der Waals surface area (Å²) in [5.41, 5.74) is 2.66. The molecular weight excluding hydrogens is 456 g/mol. The second-order valence-electron chi connectivity index (χ2n) is 9.15. The average Bonchev–Trinajstić information content (AvgIpc) is 3.36. The van der Waals surface area contributed by atoms with Crippen LogP contribution in [0, 0.1) is 12.3 Å². The molecule has 1 saturated heterocycles. The van der Waals surface area contributed by atoms with Gasteiger partial charge in [0.2, 0.25) is 5.78 Å². The number of carboxylic acids is 1. The van der Waals surface area contributed by atoms with Gasteiger partial charge in [-0.1, -0.05) is 54.1 Å². The molecule has 0 unspecified atom stereocenters. The minimum Gasteiger partial charge on any atom is -0.481 e. The third kappa shape index (κ3) is 5.80. The van der Waals surface area contributed by atoms with Gasteiger partial charge in [0.05, 0.1) is 11.1 Å². The molecule has 1 amide bonds. The molecule has 2 aromatic carbocycles. The fraction of sp³-hybridized carbons (Fsp3) is 0.276. The minimum atomic E-state index is -0.990. The van der Waals surface area contributed by atoms with E-state index < -0.39 is 11.4 Å². The first-order chi connectivity index (χ1) is 17.4. The summed E-state index contributed by atoms with van der Waals surface area (Å²) in [5.74, 6) is -1.25. The second-order valence-corrected chi connectivity index (χ2v) is 9.15. The van der Waals surface area contributed by atoms with Crippen LogP contribution in [-0.4, -0.2) is 47.1 Å². The van der Waals surface area contributed by atoms with E-state index in [1.807, 2.05) is 72.3 Å². The van der Waals surface area contributed by atoms with E-state index in [1.54, 1.807) is 18.2 Å². The fourth-order valence-electron chi connectivity index (χ4n) is 4.30. The summed E-state index contributed by atoms with van der Waals surface area (Å²) in [5, 5.41) is 12.5. The zero-order valence-corrected chi connectivity index (χ0v) is 20.3. The summed E-state index contributed by atoms with van der Waals surface area (Å²) in [4.78, 5) is 37.5. The van der Waals surface area contributed by atoms with Gasteiger partial charge in [0, 0.05) is 43.6 Å². The molecule has 0 bridgehead atoms. The van der Waals surface area contributed by atoms with Gasteiger partial charge in [-0.25, -0.2) is 0 Å². The quantitative estimate of drug-likeness (QED) is 0.438. The monoisotopic (exact) mass is 486 g/mol. The number of allylic oxidation sites excluding steroid dienone is 1. The largest absolute Gasteiger partial charge is 0.481 e. The average molecular weight is 487 g/mol. The van der Waals surface area contributed by atoms with E-state index in [1.165, 1.54) is 0 Å². The molecule has 1 fully saturated rings. The Kier molecular flexibility index (Phi) is 7.80. The third-order valence-corrected chi connectivity index (χ3v) is 6.63. The smallest absolute Gasteiger partial charge is 0.311 e. The topological polar surface area (TPSA) is 97.6 Å². The Balaban J connectivity index is 1.39. The first-order valence-corrected chi connectivity index (χ1v) is 12.0. The Morgan fingerprint density at radius 2 is 1.78 bits per heavy atom. The highest BCUT2D eigenvalue weighted by molar-refractivity contribution is 6.08. The van der Waals surface area contributed by atoms with Gasteiger partial charge in [-0.3, -0.25) is 14.4 Å². The van der Waals surface area contributed by atoms with Crippen molar-refractivity contribution in [2.75, 3.05) is 19.8 Å². The van der Waals surface area contributed by atoms with Crippen molar-refractivity contribution in [1.29, 1.82) is 0 Å². The number of ketones is 1. The maximum Gasteiger partial charge on any atom is 0.311 e. The highest BCUT2D eigenvalue weighted by atomic mass is 16.5. The third-order valence-electron chi connectivity index (χ3n) is 6.63. The number of amides is 1. The molecule has 0 spiro atoms. The first-order valence-electron chi connectivity index (χ1n) is 12.0. The number of nitrogens with one attached hydrogen (secondary N) is 1. The molecule has 0 atom stereocenters. The van der Waals surface area contributed by atoms with Gasteiger partial charge >= 0.3 is 5.97 Å². The van der Waals surface area contributed by atoms with Crippen LogP contribution in [0.2, 0.25) is 0 Å². The summed E-state index contributed by atoms with van der Waals surface area (Å²) < 4.78 is 7.17. The number of aryl methyl sites for hydroxylation is 1. The number of hydrogen-bond acceptors (Lipinski definition) is 4. The van der Waals surface area contributed by atoms with E-state index >= 15 is 0 Å². The van der Waals surface area contributed by atoms with E-state index in [0.29, 0.717) is 49.4 Å². The van der Waals surface area contributed by atoms with Gasteiger partial charge in [-0.15, -0.1) is 0 Å². The predicted molar refractivity (Wildman–Crippen MR) is 137 cm³/mol. The molecule has 3 aromatic rings. The first kappa shape index (κ1) is 25.1. The second kappa shape index (κ2) is 11.2. The van der Waals surface area contributed by atoms with Crippen LogP contribution in [0.15, 0.2) is 72.9 Å². The molecule has 0 radical (unpaired) electrons. The number of nitrogens with zero attached hydrogens (tertiary/aromatic N) is 1. The zero-order valence-electron chi connectivity index (χ0n) is 20.3. The maximum atomic E-state index is 12.9. The Morgan fingerprint density at radius 1 is 1.03 bits per heavy atom. The van der Waals surface area contributed by atoms with Crippen molar-refractivity contribution in [1.82, 2.24) is 9.88 Å². The van der Waals surface area contributed by atoms with E-state index in [-0.39, 0.29) is 18.2 Å². The molecule has 0 aliphatic carbocycles. The number of carboxylic acid groups (broad SMARTS) is 1. The van der Waals surface area contributed by atoms with Crippen molar-refractivity contribution in [2.45, 2.75) is 26.3 Å². The van der Waals surface area contributed by atoms with Crippen LogP contribution in [-0.2, 0) is 16.1 Å². The molecule has 4 rings (SSSR count). The van der Waals surface area contributed by atoms with Crippen molar-refractivity contribution in [3.05, 3.63) is 101 Å². The lowest BCUT2D eigenvalue weighted by atomic mass is 9.80.